The maximum absolute atomic E-state index is 2.46. The number of hydrogen-bond acceptors (Lipinski definition) is 0. The van der Waals surface area contributed by atoms with Crippen LogP contribution in [0.5, 0.6) is 0 Å². The van der Waals surface area contributed by atoms with Crippen LogP contribution >= 0.6 is 0 Å². The van der Waals surface area contributed by atoms with E-state index in [-0.39, 0.29) is 0 Å². The molecule has 84 valence electrons. The Balaban J connectivity index is 2.55. The average molecular weight is 196 g/mol. The highest BCUT2D eigenvalue weighted by Gasteiger charge is 2.31. The molecule has 0 aromatic heterocycles. The molecule has 0 bridgehead atoms. The molecule has 1 aliphatic rings. The second kappa shape index (κ2) is 5.78. The van der Waals surface area contributed by atoms with E-state index in [1.165, 1.54) is 38.5 Å². The largest absolute Gasteiger partial charge is 0.0651 e. The van der Waals surface area contributed by atoms with Crippen LogP contribution in [-0.2, 0) is 0 Å². The molecule has 4 unspecified atom stereocenters. The van der Waals surface area contributed by atoms with Gasteiger partial charge in [-0.2, -0.15) is 0 Å². The molecule has 0 aliphatic heterocycles. The monoisotopic (exact) mass is 196 g/mol. The van der Waals surface area contributed by atoms with Crippen LogP contribution in [0.2, 0.25) is 0 Å². The van der Waals surface area contributed by atoms with Crippen LogP contribution in [0, 0.1) is 23.7 Å². The highest BCUT2D eigenvalue weighted by Crippen LogP contribution is 2.41. The van der Waals surface area contributed by atoms with E-state index in [9.17, 15) is 0 Å². The van der Waals surface area contributed by atoms with Gasteiger partial charge in [0.05, 0.1) is 0 Å². The summed E-state index contributed by atoms with van der Waals surface area (Å²) in [4.78, 5) is 0. The molecule has 0 spiro atoms. The third-order valence-corrected chi connectivity index (χ3v) is 4.63. The van der Waals surface area contributed by atoms with Crippen molar-refractivity contribution in [2.24, 2.45) is 23.7 Å². The van der Waals surface area contributed by atoms with Crippen molar-refractivity contribution in [2.45, 2.75) is 66.2 Å². The van der Waals surface area contributed by atoms with Crippen molar-refractivity contribution in [2.75, 3.05) is 0 Å². The summed E-state index contributed by atoms with van der Waals surface area (Å²) in [6, 6.07) is 0. The van der Waals surface area contributed by atoms with Crippen molar-refractivity contribution in [1.29, 1.82) is 0 Å². The molecule has 14 heavy (non-hydrogen) atoms. The molecule has 0 aromatic rings. The molecule has 0 aromatic carbocycles. The fourth-order valence-corrected chi connectivity index (χ4v) is 3.24. The molecule has 0 radical (unpaired) electrons. The van der Waals surface area contributed by atoms with E-state index in [1.807, 2.05) is 0 Å². The van der Waals surface area contributed by atoms with Gasteiger partial charge in [-0.15, -0.1) is 0 Å². The zero-order valence-corrected chi connectivity index (χ0v) is 10.6. The Morgan fingerprint density at radius 3 is 2.29 bits per heavy atom. The van der Waals surface area contributed by atoms with Gasteiger partial charge in [0, 0.05) is 0 Å². The van der Waals surface area contributed by atoms with E-state index in [4.69, 9.17) is 0 Å². The lowest BCUT2D eigenvalue weighted by molar-refractivity contribution is 0.119. The van der Waals surface area contributed by atoms with Gasteiger partial charge in [-0.1, -0.05) is 53.4 Å². The van der Waals surface area contributed by atoms with E-state index >= 15 is 0 Å². The molecule has 1 rings (SSSR count). The van der Waals surface area contributed by atoms with Gasteiger partial charge < -0.3 is 0 Å². The van der Waals surface area contributed by atoms with Gasteiger partial charge in [0.2, 0.25) is 0 Å². The van der Waals surface area contributed by atoms with Crippen LogP contribution in [0.1, 0.15) is 66.2 Å². The Labute approximate surface area is 90.5 Å². The fraction of sp³-hybridized carbons (Fsp3) is 1.00. The summed E-state index contributed by atoms with van der Waals surface area (Å²) >= 11 is 0. The van der Waals surface area contributed by atoms with Gasteiger partial charge in [-0.25, -0.2) is 0 Å². The van der Waals surface area contributed by atoms with Gasteiger partial charge in [0.1, 0.15) is 0 Å². The van der Waals surface area contributed by atoms with Crippen LogP contribution in [0.25, 0.3) is 0 Å². The quantitative estimate of drug-likeness (QED) is 0.601. The molecule has 0 heterocycles. The summed E-state index contributed by atoms with van der Waals surface area (Å²) < 4.78 is 0. The fourth-order valence-electron chi connectivity index (χ4n) is 3.24. The first kappa shape index (κ1) is 12.1. The molecule has 1 fully saturated rings. The minimum Gasteiger partial charge on any atom is -0.0651 e. The molecular weight excluding hydrogens is 168 g/mol. The molecule has 0 N–H and O–H groups in total. The van der Waals surface area contributed by atoms with Crippen LogP contribution in [-0.4, -0.2) is 0 Å². The summed E-state index contributed by atoms with van der Waals surface area (Å²) in [5, 5.41) is 0. The van der Waals surface area contributed by atoms with Crippen LogP contribution in [0.3, 0.4) is 0 Å². The average Bonchev–Trinajstić information content (AvgIpc) is 2.27. The van der Waals surface area contributed by atoms with E-state index in [1.54, 1.807) is 0 Å². The normalized spacial score (nSPS) is 35.6. The lowest BCUT2D eigenvalue weighted by Crippen LogP contribution is -2.29. The second-order valence-electron chi connectivity index (χ2n) is 5.31. The number of rotatable bonds is 4. The maximum atomic E-state index is 2.46. The third-order valence-electron chi connectivity index (χ3n) is 4.63. The minimum absolute atomic E-state index is 0.953. The molecule has 1 saturated carbocycles. The molecule has 0 saturated heterocycles. The van der Waals surface area contributed by atoms with Gasteiger partial charge in [-0.05, 0) is 36.5 Å². The second-order valence-corrected chi connectivity index (χ2v) is 5.31. The first-order valence-corrected chi connectivity index (χ1v) is 6.72. The molecule has 0 amide bonds. The first-order chi connectivity index (χ1) is 6.72. The molecule has 1 aliphatic carbocycles. The van der Waals surface area contributed by atoms with E-state index in [0.717, 1.165) is 23.7 Å². The van der Waals surface area contributed by atoms with Crippen molar-refractivity contribution in [3.8, 4) is 0 Å². The predicted molar refractivity (Wildman–Crippen MR) is 64.4 cm³/mol. The molecule has 0 heteroatoms. The highest BCUT2D eigenvalue weighted by molar-refractivity contribution is 4.81. The van der Waals surface area contributed by atoms with Crippen LogP contribution < -0.4 is 0 Å². The summed E-state index contributed by atoms with van der Waals surface area (Å²) in [5.74, 6) is 4.06. The van der Waals surface area contributed by atoms with Crippen molar-refractivity contribution < 1.29 is 0 Å². The minimum atomic E-state index is 0.953. The zero-order chi connectivity index (χ0) is 10.6. The Morgan fingerprint density at radius 1 is 1.07 bits per heavy atom. The van der Waals surface area contributed by atoms with E-state index in [2.05, 4.69) is 27.7 Å². The van der Waals surface area contributed by atoms with Crippen molar-refractivity contribution in [3.63, 3.8) is 0 Å². The van der Waals surface area contributed by atoms with Crippen molar-refractivity contribution in [3.05, 3.63) is 0 Å². The third kappa shape index (κ3) is 2.74. The maximum Gasteiger partial charge on any atom is -0.0358 e. The Kier molecular flexibility index (Phi) is 4.98. The summed E-state index contributed by atoms with van der Waals surface area (Å²) in [7, 11) is 0. The van der Waals surface area contributed by atoms with Gasteiger partial charge in [-0.3, -0.25) is 0 Å². The van der Waals surface area contributed by atoms with Gasteiger partial charge >= 0.3 is 0 Å². The standard InChI is InChI=1S/C14H28/c1-5-11(4)14-10-12(6-2)8-9-13(14)7-3/h11-14H,5-10H2,1-4H3. The topological polar surface area (TPSA) is 0 Å². The lowest BCUT2D eigenvalue weighted by atomic mass is 9.67. The van der Waals surface area contributed by atoms with Gasteiger partial charge in [0.25, 0.3) is 0 Å². The lowest BCUT2D eigenvalue weighted by Gasteiger charge is -2.39. The van der Waals surface area contributed by atoms with E-state index in [0.29, 0.717) is 0 Å². The molecule has 0 nitrogen and oxygen atoms in total. The SMILES string of the molecule is CCC1CCC(CC)C(C(C)CC)C1. The van der Waals surface area contributed by atoms with Crippen LogP contribution in [0.4, 0.5) is 0 Å². The summed E-state index contributed by atoms with van der Waals surface area (Å²) in [6.45, 7) is 9.56. The van der Waals surface area contributed by atoms with Gasteiger partial charge in [0.15, 0.2) is 0 Å². The van der Waals surface area contributed by atoms with Crippen LogP contribution in [0.15, 0.2) is 0 Å². The van der Waals surface area contributed by atoms with Crippen molar-refractivity contribution >= 4 is 0 Å². The Bertz CT molecular complexity index is 150. The smallest absolute Gasteiger partial charge is 0.0358 e. The first-order valence-electron chi connectivity index (χ1n) is 6.72. The van der Waals surface area contributed by atoms with E-state index < -0.39 is 0 Å². The predicted octanol–water partition coefficient (Wildman–Crippen LogP) is 4.89. The summed E-state index contributed by atoms with van der Waals surface area (Å²) in [6.07, 6.45) is 8.71. The Hall–Kier alpha value is 0. The number of hydrogen-bond donors (Lipinski definition) is 0. The molecular formula is C14H28. The highest BCUT2D eigenvalue weighted by atomic mass is 14.4. The Morgan fingerprint density at radius 2 is 1.79 bits per heavy atom. The zero-order valence-electron chi connectivity index (χ0n) is 10.6. The summed E-state index contributed by atoms with van der Waals surface area (Å²) in [5.41, 5.74) is 0. The molecule has 4 atom stereocenters. The van der Waals surface area contributed by atoms with Crippen molar-refractivity contribution in [1.82, 2.24) is 0 Å².